The van der Waals surface area contributed by atoms with Crippen LogP contribution in [0.3, 0.4) is 0 Å². The number of anilines is 2. The quantitative estimate of drug-likeness (QED) is 0.0939. The second-order valence-electron chi connectivity index (χ2n) is 14.8. The summed E-state index contributed by atoms with van der Waals surface area (Å²) in [6.07, 6.45) is 4.32. The first kappa shape index (κ1) is 41.3. The summed E-state index contributed by atoms with van der Waals surface area (Å²) in [6, 6.07) is 22.8. The zero-order chi connectivity index (χ0) is 42.6. The molecule has 2 saturated carbocycles. The summed E-state index contributed by atoms with van der Waals surface area (Å²) < 4.78 is 65.5. The Bertz CT molecular complexity index is 2320. The molecule has 60 heavy (non-hydrogen) atoms. The fourth-order valence-corrected chi connectivity index (χ4v) is 7.31. The molecule has 16 heteroatoms. The van der Waals surface area contributed by atoms with Gasteiger partial charge in [0.05, 0.1) is 48.8 Å². The number of pyridine rings is 2. The molecule has 0 spiro atoms. The van der Waals surface area contributed by atoms with Gasteiger partial charge in [0, 0.05) is 40.8 Å². The van der Waals surface area contributed by atoms with Crippen LogP contribution in [0.1, 0.15) is 47.0 Å². The molecule has 4 aromatic heterocycles. The van der Waals surface area contributed by atoms with Crippen molar-refractivity contribution in [3.63, 3.8) is 0 Å². The summed E-state index contributed by atoms with van der Waals surface area (Å²) in [7, 11) is 0. The van der Waals surface area contributed by atoms with Crippen molar-refractivity contribution in [1.29, 1.82) is 0 Å². The molecule has 0 unspecified atom stereocenters. The number of carbonyl (C=O) groups excluding carboxylic acids is 2. The highest BCUT2D eigenvalue weighted by molar-refractivity contribution is 5.96. The maximum absolute atomic E-state index is 13.4. The second-order valence-corrected chi connectivity index (χ2v) is 14.8. The molecule has 2 amide bonds. The van der Waals surface area contributed by atoms with Gasteiger partial charge in [0.1, 0.15) is 23.3 Å². The molecule has 0 saturated heterocycles. The summed E-state index contributed by atoms with van der Waals surface area (Å²) in [5.74, 6) is -3.07. The number of nitrogens with one attached hydrogen (secondary N) is 2. The van der Waals surface area contributed by atoms with Crippen LogP contribution >= 0.6 is 0 Å². The Hall–Kier alpha value is -6.84. The normalized spacial score (nSPS) is 19.9. The molecule has 12 nitrogen and oxygen atoms in total. The third kappa shape index (κ3) is 9.38. The van der Waals surface area contributed by atoms with Crippen molar-refractivity contribution in [3.05, 3.63) is 155 Å². The van der Waals surface area contributed by atoms with E-state index in [0.717, 1.165) is 35.0 Å². The molecular weight excluding hydrogens is 781 g/mol. The minimum atomic E-state index is -0.992. The summed E-state index contributed by atoms with van der Waals surface area (Å²) in [4.78, 5) is 49.2. The van der Waals surface area contributed by atoms with Crippen molar-refractivity contribution >= 4 is 23.3 Å². The molecule has 6 aromatic rings. The van der Waals surface area contributed by atoms with E-state index in [-0.39, 0.29) is 36.5 Å². The third-order valence-corrected chi connectivity index (χ3v) is 10.6. The number of amides is 2. The van der Waals surface area contributed by atoms with Crippen molar-refractivity contribution in [2.45, 2.75) is 51.4 Å². The number of benzene rings is 2. The second kappa shape index (κ2) is 17.2. The Balaban J connectivity index is 0.000000181. The number of halogens is 4. The van der Waals surface area contributed by atoms with Crippen molar-refractivity contribution in [2.24, 2.45) is 11.8 Å². The standard InChI is InChI=1S/2C22H20F2N4O2/c1-13-18(11-25-14(2)26-13)30-12-22(15-6-4-3-5-7-15)10-17(22)21(29)27-16-8-19(23)28-20(24)9-16;1-13-18(11-25-14(2)26-13)30-12-22(15-6-4-3-5-7-15)10-17(22)21(29)28-20-9-16(23)8-19(24)27-20/h2*3-9,11,17H,10,12H2,1-2H3,(H,27,28,29)/t2*17-,22+/m00/s1. The first-order valence-electron chi connectivity index (χ1n) is 19.0. The fourth-order valence-electron chi connectivity index (χ4n) is 7.31. The summed E-state index contributed by atoms with van der Waals surface area (Å²) >= 11 is 0. The summed E-state index contributed by atoms with van der Waals surface area (Å²) in [6.45, 7) is 7.76. The number of aromatic nitrogens is 6. The topological polar surface area (TPSA) is 154 Å². The first-order chi connectivity index (χ1) is 28.7. The van der Waals surface area contributed by atoms with Crippen LogP contribution in [-0.2, 0) is 20.4 Å². The minimum Gasteiger partial charge on any atom is -0.489 e. The first-order valence-corrected chi connectivity index (χ1v) is 19.0. The van der Waals surface area contributed by atoms with Gasteiger partial charge in [0.15, 0.2) is 11.5 Å². The van der Waals surface area contributed by atoms with Gasteiger partial charge in [-0.3, -0.25) is 9.59 Å². The Morgan fingerprint density at radius 1 is 0.617 bits per heavy atom. The molecule has 308 valence electrons. The molecule has 4 heterocycles. The van der Waals surface area contributed by atoms with Gasteiger partial charge in [-0.1, -0.05) is 60.7 Å². The van der Waals surface area contributed by atoms with E-state index >= 15 is 0 Å². The predicted octanol–water partition coefficient (Wildman–Crippen LogP) is 7.48. The van der Waals surface area contributed by atoms with E-state index in [1.54, 1.807) is 26.2 Å². The van der Waals surface area contributed by atoms with Crippen LogP contribution in [0.15, 0.2) is 97.3 Å². The highest BCUT2D eigenvalue weighted by Crippen LogP contribution is 2.56. The number of nitrogens with zero attached hydrogens (tertiary/aromatic N) is 6. The lowest BCUT2D eigenvalue weighted by atomic mass is 9.93. The lowest BCUT2D eigenvalue weighted by molar-refractivity contribution is -0.118. The highest BCUT2D eigenvalue weighted by atomic mass is 19.1. The lowest BCUT2D eigenvalue weighted by Gasteiger charge is -2.19. The molecule has 8 rings (SSSR count). The van der Waals surface area contributed by atoms with Crippen LogP contribution in [0.25, 0.3) is 0 Å². The van der Waals surface area contributed by atoms with Gasteiger partial charge in [-0.05, 0) is 51.7 Å². The number of carbonyl (C=O) groups is 2. The van der Waals surface area contributed by atoms with Gasteiger partial charge in [0.25, 0.3) is 0 Å². The molecule has 2 aromatic carbocycles. The Kier molecular flexibility index (Phi) is 11.8. The molecule has 2 N–H and O–H groups in total. The zero-order valence-corrected chi connectivity index (χ0v) is 33.0. The smallest absolute Gasteiger partial charge is 0.229 e. The van der Waals surface area contributed by atoms with Gasteiger partial charge in [-0.25, -0.2) is 29.3 Å². The number of hydrogen-bond donors (Lipinski definition) is 2. The minimum absolute atomic E-state index is 0.0301. The third-order valence-electron chi connectivity index (χ3n) is 10.6. The Morgan fingerprint density at radius 3 is 1.52 bits per heavy atom. The van der Waals surface area contributed by atoms with Crippen LogP contribution in [0.2, 0.25) is 0 Å². The van der Waals surface area contributed by atoms with Gasteiger partial charge >= 0.3 is 0 Å². The van der Waals surface area contributed by atoms with E-state index in [9.17, 15) is 27.2 Å². The van der Waals surface area contributed by atoms with Crippen molar-refractivity contribution in [1.82, 2.24) is 29.9 Å². The molecule has 2 aliphatic carbocycles. The van der Waals surface area contributed by atoms with Crippen molar-refractivity contribution < 1.29 is 36.6 Å². The van der Waals surface area contributed by atoms with Crippen molar-refractivity contribution in [3.8, 4) is 11.5 Å². The van der Waals surface area contributed by atoms with Crippen LogP contribution in [0.5, 0.6) is 11.5 Å². The number of rotatable bonds is 12. The van der Waals surface area contributed by atoms with Gasteiger partial charge in [-0.2, -0.15) is 18.2 Å². The number of hydrogen-bond acceptors (Lipinski definition) is 10. The number of ether oxygens (including phenoxy) is 2. The van der Waals surface area contributed by atoms with Crippen LogP contribution in [0, 0.1) is 63.2 Å². The van der Waals surface area contributed by atoms with Crippen LogP contribution < -0.4 is 20.1 Å². The van der Waals surface area contributed by atoms with E-state index in [0.29, 0.717) is 47.7 Å². The maximum Gasteiger partial charge on any atom is 0.229 e. The van der Waals surface area contributed by atoms with E-state index in [1.807, 2.05) is 74.5 Å². The molecule has 4 atom stereocenters. The Morgan fingerprint density at radius 2 is 1.07 bits per heavy atom. The zero-order valence-electron chi connectivity index (χ0n) is 33.0. The maximum atomic E-state index is 13.4. The van der Waals surface area contributed by atoms with E-state index in [4.69, 9.17) is 9.47 Å². The highest BCUT2D eigenvalue weighted by Gasteiger charge is 2.61. The predicted molar refractivity (Wildman–Crippen MR) is 212 cm³/mol. The number of aryl methyl sites for hydroxylation is 4. The summed E-state index contributed by atoms with van der Waals surface area (Å²) in [5.41, 5.74) is 2.27. The Labute approximate surface area is 342 Å². The van der Waals surface area contributed by atoms with Gasteiger partial charge < -0.3 is 20.1 Å². The molecule has 0 radical (unpaired) electrons. The average molecular weight is 821 g/mol. The van der Waals surface area contributed by atoms with Crippen molar-refractivity contribution in [2.75, 3.05) is 23.8 Å². The lowest BCUT2D eigenvalue weighted by Crippen LogP contribution is -2.27. The summed E-state index contributed by atoms with van der Waals surface area (Å²) in [5, 5.41) is 5.10. The van der Waals surface area contributed by atoms with E-state index < -0.39 is 46.3 Å². The average Bonchev–Trinajstić information content (AvgIpc) is 4.12. The molecule has 2 aliphatic rings. The molecule has 2 fully saturated rings. The van der Waals surface area contributed by atoms with Crippen LogP contribution in [-0.4, -0.2) is 54.9 Å². The molecular formula is C44H40F4N8O4. The molecule has 0 bridgehead atoms. The largest absolute Gasteiger partial charge is 0.489 e. The SMILES string of the molecule is Cc1ncc(OC[C@@]2(c3ccccc3)C[C@H]2C(=O)Nc2cc(F)cc(F)n2)c(C)n1.Cc1ncc(OC[C@@]2(c3ccccc3)C[C@H]2C(=O)Nc2cc(F)nc(F)c2)c(C)n1. The fraction of sp³-hybridized carbons (Fsp3) is 0.273. The van der Waals surface area contributed by atoms with E-state index in [2.05, 4.69) is 40.5 Å². The van der Waals surface area contributed by atoms with Crippen LogP contribution in [0.4, 0.5) is 29.1 Å². The van der Waals surface area contributed by atoms with Gasteiger partial charge in [0.2, 0.25) is 29.7 Å². The molecule has 0 aliphatic heterocycles. The monoisotopic (exact) mass is 820 g/mol. The van der Waals surface area contributed by atoms with E-state index in [1.165, 1.54) is 0 Å². The van der Waals surface area contributed by atoms with Gasteiger partial charge in [-0.15, -0.1) is 0 Å².